The Morgan fingerprint density at radius 1 is 1.44 bits per heavy atom. The zero-order valence-electron chi connectivity index (χ0n) is 10.7. The van der Waals surface area contributed by atoms with E-state index < -0.39 is 0 Å². The number of nitrogens with zero attached hydrogens (tertiary/aromatic N) is 1. The predicted octanol–water partition coefficient (Wildman–Crippen LogP) is 2.06. The van der Waals surface area contributed by atoms with Crippen molar-refractivity contribution in [3.05, 3.63) is 0 Å². The van der Waals surface area contributed by atoms with Gasteiger partial charge in [-0.2, -0.15) is 11.8 Å². The number of hydrogen-bond acceptors (Lipinski definition) is 3. The zero-order chi connectivity index (χ0) is 11.4. The second kappa shape index (κ2) is 6.27. The van der Waals surface area contributed by atoms with Gasteiger partial charge in [-0.3, -0.25) is 0 Å². The molecule has 0 amide bonds. The minimum absolute atomic E-state index is 0.795. The summed E-state index contributed by atoms with van der Waals surface area (Å²) >= 11 is 1.98. The molecule has 16 heavy (non-hydrogen) atoms. The summed E-state index contributed by atoms with van der Waals surface area (Å²) in [5.74, 6) is 3.14. The van der Waals surface area contributed by atoms with Gasteiger partial charge in [-0.05, 0) is 56.2 Å². The van der Waals surface area contributed by atoms with Crippen molar-refractivity contribution >= 4 is 11.8 Å². The summed E-state index contributed by atoms with van der Waals surface area (Å²) in [5.41, 5.74) is 0. The minimum atomic E-state index is 0.795. The Morgan fingerprint density at radius 2 is 2.25 bits per heavy atom. The molecule has 1 aliphatic carbocycles. The zero-order valence-corrected chi connectivity index (χ0v) is 11.6. The summed E-state index contributed by atoms with van der Waals surface area (Å²) in [7, 11) is 0. The Morgan fingerprint density at radius 3 is 2.94 bits per heavy atom. The Balaban J connectivity index is 1.77. The lowest BCUT2D eigenvalue weighted by Gasteiger charge is -2.26. The monoisotopic (exact) mass is 242 g/mol. The molecule has 0 radical (unpaired) electrons. The van der Waals surface area contributed by atoms with Crippen LogP contribution in [-0.2, 0) is 0 Å². The highest BCUT2D eigenvalue weighted by Crippen LogP contribution is 2.33. The van der Waals surface area contributed by atoms with Gasteiger partial charge in [0, 0.05) is 19.1 Å². The molecule has 0 spiro atoms. The molecule has 2 atom stereocenters. The molecule has 1 saturated carbocycles. The van der Waals surface area contributed by atoms with Gasteiger partial charge in [-0.25, -0.2) is 0 Å². The van der Waals surface area contributed by atoms with Crippen molar-refractivity contribution in [2.75, 3.05) is 38.2 Å². The topological polar surface area (TPSA) is 15.3 Å². The highest BCUT2D eigenvalue weighted by atomic mass is 32.2. The Bertz CT molecular complexity index is 206. The highest BCUT2D eigenvalue weighted by molar-refractivity contribution is 7.98. The molecule has 0 bridgehead atoms. The summed E-state index contributed by atoms with van der Waals surface area (Å²) in [4.78, 5) is 2.70. The van der Waals surface area contributed by atoms with Crippen LogP contribution in [0.1, 0.15) is 26.2 Å². The molecule has 94 valence electrons. The largest absolute Gasteiger partial charge is 0.312 e. The SMILES string of the molecule is CSCC(C)CN1CCCNC(C2CC2)C1. The molecule has 2 rings (SSSR count). The van der Waals surface area contributed by atoms with Gasteiger partial charge in [-0.1, -0.05) is 6.92 Å². The molecule has 0 aromatic carbocycles. The molecule has 1 saturated heterocycles. The quantitative estimate of drug-likeness (QED) is 0.794. The van der Waals surface area contributed by atoms with Crippen LogP contribution in [0.2, 0.25) is 0 Å². The van der Waals surface area contributed by atoms with Crippen molar-refractivity contribution in [1.82, 2.24) is 10.2 Å². The second-order valence-corrected chi connectivity index (χ2v) is 6.48. The van der Waals surface area contributed by atoms with E-state index in [0.717, 1.165) is 17.9 Å². The fourth-order valence-corrected chi connectivity index (χ4v) is 3.46. The summed E-state index contributed by atoms with van der Waals surface area (Å²) in [6.45, 7) is 7.51. The average Bonchev–Trinajstić information content (AvgIpc) is 3.03. The van der Waals surface area contributed by atoms with Gasteiger partial charge in [0.2, 0.25) is 0 Å². The van der Waals surface area contributed by atoms with Crippen LogP contribution < -0.4 is 5.32 Å². The lowest BCUT2D eigenvalue weighted by atomic mass is 10.1. The van der Waals surface area contributed by atoms with E-state index in [-0.39, 0.29) is 0 Å². The lowest BCUT2D eigenvalue weighted by Crippen LogP contribution is -2.40. The maximum Gasteiger partial charge on any atom is 0.0223 e. The fourth-order valence-electron chi connectivity index (χ4n) is 2.78. The highest BCUT2D eigenvalue weighted by Gasteiger charge is 2.33. The molecule has 2 fully saturated rings. The van der Waals surface area contributed by atoms with Gasteiger partial charge in [-0.15, -0.1) is 0 Å². The molecule has 1 N–H and O–H groups in total. The lowest BCUT2D eigenvalue weighted by molar-refractivity contribution is 0.234. The van der Waals surface area contributed by atoms with Crippen molar-refractivity contribution < 1.29 is 0 Å². The predicted molar refractivity (Wildman–Crippen MR) is 73.1 cm³/mol. The molecule has 2 nitrogen and oxygen atoms in total. The first kappa shape index (κ1) is 12.7. The standard InChI is InChI=1S/C13H26N2S/c1-11(10-16-2)8-15-7-3-6-14-13(9-15)12-4-5-12/h11-14H,3-10H2,1-2H3. The second-order valence-electron chi connectivity index (χ2n) is 5.57. The van der Waals surface area contributed by atoms with E-state index in [1.165, 1.54) is 51.2 Å². The van der Waals surface area contributed by atoms with Crippen molar-refractivity contribution in [2.45, 2.75) is 32.2 Å². The van der Waals surface area contributed by atoms with Crippen LogP contribution in [0.15, 0.2) is 0 Å². The Hall–Kier alpha value is 0.270. The first-order valence-corrected chi connectivity index (χ1v) is 8.13. The first-order chi connectivity index (χ1) is 7.79. The van der Waals surface area contributed by atoms with Crippen LogP contribution >= 0.6 is 11.8 Å². The minimum Gasteiger partial charge on any atom is -0.312 e. The van der Waals surface area contributed by atoms with E-state index in [4.69, 9.17) is 0 Å². The smallest absolute Gasteiger partial charge is 0.0223 e. The van der Waals surface area contributed by atoms with Crippen LogP contribution in [0.4, 0.5) is 0 Å². The van der Waals surface area contributed by atoms with Gasteiger partial charge in [0.1, 0.15) is 0 Å². The normalized spacial score (nSPS) is 30.0. The van der Waals surface area contributed by atoms with Gasteiger partial charge in [0.15, 0.2) is 0 Å². The van der Waals surface area contributed by atoms with Gasteiger partial charge < -0.3 is 10.2 Å². The molecule has 1 heterocycles. The molecular weight excluding hydrogens is 216 g/mol. The van der Waals surface area contributed by atoms with Gasteiger partial charge in [0.25, 0.3) is 0 Å². The summed E-state index contributed by atoms with van der Waals surface area (Å²) in [5, 5.41) is 3.73. The molecule has 2 aliphatic rings. The third-order valence-corrected chi connectivity index (χ3v) is 4.63. The van der Waals surface area contributed by atoms with Crippen molar-refractivity contribution in [3.8, 4) is 0 Å². The Kier molecular flexibility index (Phi) is 4.98. The number of nitrogens with one attached hydrogen (secondary N) is 1. The van der Waals surface area contributed by atoms with Gasteiger partial charge in [0.05, 0.1) is 0 Å². The molecule has 1 aliphatic heterocycles. The van der Waals surface area contributed by atoms with Crippen molar-refractivity contribution in [2.24, 2.45) is 11.8 Å². The van der Waals surface area contributed by atoms with Crippen LogP contribution in [0.5, 0.6) is 0 Å². The summed E-state index contributed by atoms with van der Waals surface area (Å²) < 4.78 is 0. The third kappa shape index (κ3) is 3.94. The molecule has 0 aromatic heterocycles. The third-order valence-electron chi connectivity index (χ3n) is 3.72. The van der Waals surface area contributed by atoms with E-state index >= 15 is 0 Å². The molecule has 0 aromatic rings. The van der Waals surface area contributed by atoms with E-state index in [9.17, 15) is 0 Å². The molecule has 3 heteroatoms. The van der Waals surface area contributed by atoms with Crippen molar-refractivity contribution in [3.63, 3.8) is 0 Å². The average molecular weight is 242 g/mol. The fraction of sp³-hybridized carbons (Fsp3) is 1.00. The van der Waals surface area contributed by atoms with E-state index in [0.29, 0.717) is 0 Å². The van der Waals surface area contributed by atoms with Crippen LogP contribution in [0, 0.1) is 11.8 Å². The number of rotatable bonds is 5. The van der Waals surface area contributed by atoms with E-state index in [2.05, 4.69) is 23.4 Å². The Labute approximate surface area is 105 Å². The molecule has 2 unspecified atom stereocenters. The van der Waals surface area contributed by atoms with E-state index in [1.54, 1.807) is 0 Å². The number of thioether (sulfide) groups is 1. The van der Waals surface area contributed by atoms with Crippen molar-refractivity contribution in [1.29, 1.82) is 0 Å². The summed E-state index contributed by atoms with van der Waals surface area (Å²) in [6, 6.07) is 0.795. The van der Waals surface area contributed by atoms with E-state index in [1.807, 2.05) is 11.8 Å². The molecular formula is C13H26N2S. The van der Waals surface area contributed by atoms with Crippen LogP contribution in [0.25, 0.3) is 0 Å². The maximum atomic E-state index is 3.73. The van der Waals surface area contributed by atoms with Crippen LogP contribution in [-0.4, -0.2) is 49.1 Å². The first-order valence-electron chi connectivity index (χ1n) is 6.74. The van der Waals surface area contributed by atoms with Crippen LogP contribution in [0.3, 0.4) is 0 Å². The summed E-state index contributed by atoms with van der Waals surface area (Å²) in [6.07, 6.45) is 6.47. The van der Waals surface area contributed by atoms with Gasteiger partial charge >= 0.3 is 0 Å². The number of hydrogen-bond donors (Lipinski definition) is 1. The maximum absolute atomic E-state index is 3.73.